The molecule has 136 valence electrons. The van der Waals surface area contributed by atoms with Crippen molar-refractivity contribution in [1.82, 2.24) is 4.98 Å². The van der Waals surface area contributed by atoms with Crippen molar-refractivity contribution < 1.29 is 30.2 Å². The van der Waals surface area contributed by atoms with E-state index in [1.54, 1.807) is 25.1 Å². The van der Waals surface area contributed by atoms with Crippen molar-refractivity contribution in [2.24, 2.45) is 0 Å². The highest BCUT2D eigenvalue weighted by Crippen LogP contribution is 2.33. The number of hydrogen-bond donors (Lipinski definition) is 0. The first-order chi connectivity index (χ1) is 12.1. The fraction of sp³-hybridized carbons (Fsp3) is 0.118. The zero-order valence-electron chi connectivity index (χ0n) is 13.2. The maximum Gasteiger partial charge on any atom is 0.416 e. The third-order valence-corrected chi connectivity index (χ3v) is 4.80. The van der Waals surface area contributed by atoms with E-state index >= 15 is 0 Å². The van der Waals surface area contributed by atoms with Gasteiger partial charge in [-0.05, 0) is 37.3 Å². The number of fused-ring (bicyclic) bond motifs is 1. The second kappa shape index (κ2) is 6.24. The molecular formula is C17H11F4NO3S. The Kier molecular flexibility index (Phi) is 4.35. The van der Waals surface area contributed by atoms with Gasteiger partial charge in [0.2, 0.25) is 0 Å². The summed E-state index contributed by atoms with van der Waals surface area (Å²) in [5.41, 5.74) is -0.521. The molecule has 3 aromatic rings. The summed E-state index contributed by atoms with van der Waals surface area (Å²) in [7, 11) is -4.85. The molecule has 3 rings (SSSR count). The quantitative estimate of drug-likeness (QED) is 0.493. The second-order valence-electron chi connectivity index (χ2n) is 5.46. The Morgan fingerprint density at radius 1 is 1.04 bits per heavy atom. The summed E-state index contributed by atoms with van der Waals surface area (Å²) in [6.45, 7) is 1.68. The largest absolute Gasteiger partial charge is 0.416 e. The van der Waals surface area contributed by atoms with Crippen LogP contribution in [0, 0.1) is 12.7 Å². The number of pyridine rings is 1. The van der Waals surface area contributed by atoms with Crippen LogP contribution in [0.2, 0.25) is 0 Å². The SMILES string of the molecule is Cc1ccc2cccc(OS(=O)(=O)c3cc(C(F)(F)F)ccc3F)c2n1. The monoisotopic (exact) mass is 385 g/mol. The molecule has 1 heterocycles. The van der Waals surface area contributed by atoms with Crippen LogP contribution in [0.3, 0.4) is 0 Å². The molecule has 0 aliphatic heterocycles. The van der Waals surface area contributed by atoms with Crippen molar-refractivity contribution in [2.75, 3.05) is 0 Å². The third-order valence-electron chi connectivity index (χ3n) is 3.55. The van der Waals surface area contributed by atoms with Crippen molar-refractivity contribution in [3.8, 4) is 5.75 Å². The van der Waals surface area contributed by atoms with Gasteiger partial charge >= 0.3 is 16.3 Å². The van der Waals surface area contributed by atoms with E-state index in [1.165, 1.54) is 12.1 Å². The van der Waals surface area contributed by atoms with Crippen molar-refractivity contribution >= 4 is 21.0 Å². The van der Waals surface area contributed by atoms with E-state index in [4.69, 9.17) is 4.18 Å². The smallest absolute Gasteiger partial charge is 0.377 e. The highest BCUT2D eigenvalue weighted by atomic mass is 32.2. The summed E-state index contributed by atoms with van der Waals surface area (Å²) in [6, 6.07) is 8.92. The van der Waals surface area contributed by atoms with Gasteiger partial charge in [-0.3, -0.25) is 0 Å². The fourth-order valence-electron chi connectivity index (χ4n) is 2.32. The number of para-hydroxylation sites is 1. The van der Waals surface area contributed by atoms with Crippen molar-refractivity contribution in [3.05, 3.63) is 65.6 Å². The Labute approximate surface area is 146 Å². The number of hydrogen-bond acceptors (Lipinski definition) is 4. The Morgan fingerprint density at radius 3 is 2.46 bits per heavy atom. The van der Waals surface area contributed by atoms with Gasteiger partial charge in [-0.1, -0.05) is 18.2 Å². The molecule has 0 saturated heterocycles. The van der Waals surface area contributed by atoms with E-state index in [0.717, 1.165) is 0 Å². The summed E-state index contributed by atoms with van der Waals surface area (Å²) >= 11 is 0. The summed E-state index contributed by atoms with van der Waals surface area (Å²) < 4.78 is 81.9. The molecule has 26 heavy (non-hydrogen) atoms. The van der Waals surface area contributed by atoms with Gasteiger partial charge in [0.1, 0.15) is 16.2 Å². The van der Waals surface area contributed by atoms with Crippen LogP contribution in [0.4, 0.5) is 17.6 Å². The van der Waals surface area contributed by atoms with Gasteiger partial charge in [0, 0.05) is 11.1 Å². The predicted octanol–water partition coefficient (Wildman–Crippen LogP) is 4.47. The van der Waals surface area contributed by atoms with Crippen LogP contribution in [0.1, 0.15) is 11.3 Å². The maximum absolute atomic E-state index is 13.9. The van der Waals surface area contributed by atoms with E-state index in [9.17, 15) is 26.0 Å². The average molecular weight is 385 g/mol. The zero-order valence-corrected chi connectivity index (χ0v) is 14.0. The minimum Gasteiger partial charge on any atom is -0.377 e. The molecule has 2 aromatic carbocycles. The molecule has 0 aliphatic carbocycles. The lowest BCUT2D eigenvalue weighted by atomic mass is 10.2. The number of alkyl halides is 3. The first kappa shape index (κ1) is 18.1. The Bertz CT molecular complexity index is 1090. The predicted molar refractivity (Wildman–Crippen MR) is 85.7 cm³/mol. The molecule has 0 saturated carbocycles. The molecule has 0 aliphatic rings. The van der Waals surface area contributed by atoms with Gasteiger partial charge in [-0.25, -0.2) is 9.37 Å². The number of aromatic nitrogens is 1. The van der Waals surface area contributed by atoms with E-state index in [1.807, 2.05) is 0 Å². The van der Waals surface area contributed by atoms with Gasteiger partial charge in [0.25, 0.3) is 0 Å². The van der Waals surface area contributed by atoms with E-state index in [-0.39, 0.29) is 17.3 Å². The minimum absolute atomic E-state index is 0.198. The molecule has 0 radical (unpaired) electrons. The number of halogens is 4. The lowest BCUT2D eigenvalue weighted by molar-refractivity contribution is -0.137. The highest BCUT2D eigenvalue weighted by molar-refractivity contribution is 7.87. The molecule has 0 fully saturated rings. The first-order valence-electron chi connectivity index (χ1n) is 7.25. The molecule has 0 N–H and O–H groups in total. The molecule has 0 spiro atoms. The van der Waals surface area contributed by atoms with Crippen molar-refractivity contribution in [3.63, 3.8) is 0 Å². The molecule has 9 heteroatoms. The zero-order chi connectivity index (χ0) is 19.1. The van der Waals surface area contributed by atoms with Crippen molar-refractivity contribution in [1.29, 1.82) is 0 Å². The van der Waals surface area contributed by atoms with Gasteiger partial charge in [-0.2, -0.15) is 21.6 Å². The van der Waals surface area contributed by atoms with Crippen LogP contribution in [-0.2, 0) is 16.3 Å². The summed E-state index contributed by atoms with van der Waals surface area (Å²) in [5.74, 6) is -1.55. The standard InChI is InChI=1S/C17H11F4NO3S/c1-10-5-6-11-3-2-4-14(16(11)22-10)25-26(23,24)15-9-12(17(19,20)21)7-8-13(15)18/h2-9H,1H3. The van der Waals surface area contributed by atoms with Crippen LogP contribution in [0.15, 0.2) is 53.4 Å². The Hall–Kier alpha value is -2.68. The molecule has 1 aromatic heterocycles. The first-order valence-corrected chi connectivity index (χ1v) is 8.66. The van der Waals surface area contributed by atoms with E-state index in [2.05, 4.69) is 4.98 Å². The van der Waals surface area contributed by atoms with Crippen LogP contribution >= 0.6 is 0 Å². The van der Waals surface area contributed by atoms with Crippen molar-refractivity contribution in [2.45, 2.75) is 18.0 Å². The number of aryl methyl sites for hydroxylation is 1. The molecule has 0 atom stereocenters. The maximum atomic E-state index is 13.9. The summed E-state index contributed by atoms with van der Waals surface area (Å²) in [6.07, 6.45) is -4.82. The minimum atomic E-state index is -4.85. The van der Waals surface area contributed by atoms with Crippen LogP contribution in [0.25, 0.3) is 10.9 Å². The van der Waals surface area contributed by atoms with Gasteiger partial charge in [-0.15, -0.1) is 0 Å². The number of benzene rings is 2. The molecule has 4 nitrogen and oxygen atoms in total. The second-order valence-corrected chi connectivity index (χ2v) is 6.98. The normalized spacial score (nSPS) is 12.3. The molecule has 0 amide bonds. The third kappa shape index (κ3) is 3.48. The highest BCUT2D eigenvalue weighted by Gasteiger charge is 2.33. The summed E-state index contributed by atoms with van der Waals surface area (Å²) in [4.78, 5) is 2.97. The molecule has 0 bridgehead atoms. The molecular weight excluding hydrogens is 374 g/mol. The van der Waals surface area contributed by atoms with Crippen LogP contribution in [-0.4, -0.2) is 13.4 Å². The van der Waals surface area contributed by atoms with Gasteiger partial charge < -0.3 is 4.18 Å². The lowest BCUT2D eigenvalue weighted by Gasteiger charge is -2.12. The number of nitrogens with zero attached hydrogens (tertiary/aromatic N) is 1. The average Bonchev–Trinajstić information content (AvgIpc) is 2.54. The number of rotatable bonds is 3. The van der Waals surface area contributed by atoms with Gasteiger partial charge in [0.05, 0.1) is 5.56 Å². The van der Waals surface area contributed by atoms with Crippen LogP contribution in [0.5, 0.6) is 5.75 Å². The topological polar surface area (TPSA) is 56.3 Å². The van der Waals surface area contributed by atoms with E-state index < -0.39 is 32.6 Å². The Morgan fingerprint density at radius 2 is 1.77 bits per heavy atom. The Balaban J connectivity index is 2.10. The van der Waals surface area contributed by atoms with Gasteiger partial charge in [0.15, 0.2) is 5.75 Å². The fourth-order valence-corrected chi connectivity index (χ4v) is 3.36. The summed E-state index contributed by atoms with van der Waals surface area (Å²) in [5, 5.41) is 0.563. The van der Waals surface area contributed by atoms with E-state index in [0.29, 0.717) is 23.2 Å². The van der Waals surface area contributed by atoms with Crippen LogP contribution < -0.4 is 4.18 Å². The lowest BCUT2D eigenvalue weighted by Crippen LogP contribution is -2.14. The molecule has 0 unspecified atom stereocenters.